The zero-order valence-corrected chi connectivity index (χ0v) is 12.1. The SMILES string of the molecule is Cc1oc(-c2ccccc2)nc1CC(=O)Nc1nncs1. The van der Waals surface area contributed by atoms with Crippen molar-refractivity contribution in [3.63, 3.8) is 0 Å². The van der Waals surface area contributed by atoms with Gasteiger partial charge in [-0.15, -0.1) is 10.2 Å². The van der Waals surface area contributed by atoms with Gasteiger partial charge in [0.15, 0.2) is 0 Å². The van der Waals surface area contributed by atoms with Crippen LogP contribution in [0, 0.1) is 6.92 Å². The number of oxazole rings is 1. The van der Waals surface area contributed by atoms with E-state index in [1.54, 1.807) is 12.4 Å². The standard InChI is InChI=1S/C14H12N4O2S/c1-9-11(7-12(19)17-14-18-15-8-21-14)16-13(20-9)10-5-3-2-4-6-10/h2-6,8H,7H2,1H3,(H,17,18,19). The minimum atomic E-state index is -0.192. The molecule has 6 nitrogen and oxygen atoms in total. The molecule has 0 saturated carbocycles. The Hall–Kier alpha value is -2.54. The lowest BCUT2D eigenvalue weighted by Gasteiger charge is -1.98. The van der Waals surface area contributed by atoms with Gasteiger partial charge in [-0.2, -0.15) is 0 Å². The summed E-state index contributed by atoms with van der Waals surface area (Å²) in [5.41, 5.74) is 3.07. The van der Waals surface area contributed by atoms with Crippen LogP contribution in [0.25, 0.3) is 11.5 Å². The predicted molar refractivity (Wildman–Crippen MR) is 78.9 cm³/mol. The van der Waals surface area contributed by atoms with Crippen LogP contribution in [0.5, 0.6) is 0 Å². The molecule has 3 rings (SSSR count). The van der Waals surface area contributed by atoms with E-state index in [9.17, 15) is 4.79 Å². The number of hydrogen-bond donors (Lipinski definition) is 1. The molecule has 0 spiro atoms. The van der Waals surface area contributed by atoms with Gasteiger partial charge in [0, 0.05) is 5.56 Å². The summed E-state index contributed by atoms with van der Waals surface area (Å²) in [6.45, 7) is 1.80. The monoisotopic (exact) mass is 300 g/mol. The first-order valence-electron chi connectivity index (χ1n) is 6.30. The average Bonchev–Trinajstić information content (AvgIpc) is 3.11. The van der Waals surface area contributed by atoms with E-state index in [2.05, 4.69) is 20.5 Å². The largest absolute Gasteiger partial charge is 0.441 e. The van der Waals surface area contributed by atoms with Crippen LogP contribution in [0.4, 0.5) is 5.13 Å². The van der Waals surface area contributed by atoms with Crippen LogP contribution in [-0.2, 0) is 11.2 Å². The third-order valence-electron chi connectivity index (χ3n) is 2.85. The number of rotatable bonds is 4. The molecule has 2 heterocycles. The molecule has 2 aromatic heterocycles. The molecule has 0 radical (unpaired) electrons. The van der Waals surface area contributed by atoms with E-state index in [0.29, 0.717) is 22.5 Å². The smallest absolute Gasteiger partial charge is 0.232 e. The Morgan fingerprint density at radius 1 is 1.33 bits per heavy atom. The highest BCUT2D eigenvalue weighted by atomic mass is 32.1. The number of nitrogens with one attached hydrogen (secondary N) is 1. The van der Waals surface area contributed by atoms with E-state index in [1.165, 1.54) is 11.3 Å². The van der Waals surface area contributed by atoms with Crippen LogP contribution < -0.4 is 5.32 Å². The van der Waals surface area contributed by atoms with Crippen molar-refractivity contribution in [1.29, 1.82) is 0 Å². The lowest BCUT2D eigenvalue weighted by Crippen LogP contribution is -2.15. The van der Waals surface area contributed by atoms with Crippen LogP contribution in [0.15, 0.2) is 40.3 Å². The number of aromatic nitrogens is 3. The number of hydrogen-bond acceptors (Lipinski definition) is 6. The molecule has 0 saturated heterocycles. The van der Waals surface area contributed by atoms with Crippen LogP contribution in [0.1, 0.15) is 11.5 Å². The zero-order chi connectivity index (χ0) is 14.7. The maximum Gasteiger partial charge on any atom is 0.232 e. The van der Waals surface area contributed by atoms with E-state index < -0.39 is 0 Å². The first-order valence-corrected chi connectivity index (χ1v) is 7.18. The number of aryl methyl sites for hydroxylation is 1. The summed E-state index contributed by atoms with van der Waals surface area (Å²) in [5.74, 6) is 0.968. The van der Waals surface area contributed by atoms with Crippen molar-refractivity contribution in [2.24, 2.45) is 0 Å². The molecule has 0 unspecified atom stereocenters. The van der Waals surface area contributed by atoms with Gasteiger partial charge in [0.1, 0.15) is 11.3 Å². The van der Waals surface area contributed by atoms with Gasteiger partial charge < -0.3 is 9.73 Å². The van der Waals surface area contributed by atoms with Gasteiger partial charge in [0.2, 0.25) is 16.9 Å². The Labute approximate surface area is 124 Å². The molecule has 0 aliphatic carbocycles. The van der Waals surface area contributed by atoms with E-state index in [0.717, 1.165) is 5.56 Å². The number of amides is 1. The summed E-state index contributed by atoms with van der Waals surface area (Å²) < 4.78 is 5.62. The van der Waals surface area contributed by atoms with Crippen LogP contribution >= 0.6 is 11.3 Å². The van der Waals surface area contributed by atoms with Gasteiger partial charge in [0.05, 0.1) is 12.1 Å². The third kappa shape index (κ3) is 3.14. The molecule has 7 heteroatoms. The normalized spacial score (nSPS) is 10.5. The molecular weight excluding hydrogens is 288 g/mol. The van der Waals surface area contributed by atoms with Crippen LogP contribution in [0.2, 0.25) is 0 Å². The highest BCUT2D eigenvalue weighted by Crippen LogP contribution is 2.21. The molecule has 106 valence electrons. The van der Waals surface area contributed by atoms with Crippen molar-refractivity contribution in [3.05, 3.63) is 47.3 Å². The second-order valence-electron chi connectivity index (χ2n) is 4.36. The number of nitrogens with zero attached hydrogens (tertiary/aromatic N) is 3. The second kappa shape index (κ2) is 5.84. The van der Waals surface area contributed by atoms with Crippen molar-refractivity contribution in [3.8, 4) is 11.5 Å². The first-order chi connectivity index (χ1) is 10.2. The molecule has 0 atom stereocenters. The summed E-state index contributed by atoms with van der Waals surface area (Å²) in [7, 11) is 0. The number of benzene rings is 1. The van der Waals surface area contributed by atoms with Gasteiger partial charge in [-0.1, -0.05) is 29.5 Å². The fraction of sp³-hybridized carbons (Fsp3) is 0.143. The van der Waals surface area contributed by atoms with Crippen molar-refractivity contribution in [2.45, 2.75) is 13.3 Å². The Balaban J connectivity index is 1.74. The molecular formula is C14H12N4O2S. The Morgan fingerprint density at radius 3 is 2.86 bits per heavy atom. The quantitative estimate of drug-likeness (QED) is 0.801. The predicted octanol–water partition coefficient (Wildman–Crippen LogP) is 2.68. The van der Waals surface area contributed by atoms with E-state index >= 15 is 0 Å². The number of carbonyl (C=O) groups is 1. The Kier molecular flexibility index (Phi) is 3.74. The summed E-state index contributed by atoms with van der Waals surface area (Å²) in [5, 5.41) is 10.6. The van der Waals surface area contributed by atoms with Crippen molar-refractivity contribution < 1.29 is 9.21 Å². The minimum Gasteiger partial charge on any atom is -0.441 e. The van der Waals surface area contributed by atoms with Crippen molar-refractivity contribution in [2.75, 3.05) is 5.32 Å². The molecule has 0 fully saturated rings. The molecule has 3 aromatic rings. The molecule has 1 N–H and O–H groups in total. The fourth-order valence-corrected chi connectivity index (χ4v) is 2.30. The lowest BCUT2D eigenvalue weighted by atomic mass is 10.2. The summed E-state index contributed by atoms with van der Waals surface area (Å²) in [6, 6.07) is 9.58. The minimum absolute atomic E-state index is 0.141. The summed E-state index contributed by atoms with van der Waals surface area (Å²) >= 11 is 1.27. The maximum atomic E-state index is 11.9. The second-order valence-corrected chi connectivity index (χ2v) is 5.19. The number of anilines is 1. The molecule has 1 amide bonds. The van der Waals surface area contributed by atoms with Crippen LogP contribution in [-0.4, -0.2) is 21.1 Å². The van der Waals surface area contributed by atoms with Gasteiger partial charge in [-0.3, -0.25) is 4.79 Å². The van der Waals surface area contributed by atoms with E-state index in [4.69, 9.17) is 4.42 Å². The van der Waals surface area contributed by atoms with Gasteiger partial charge in [-0.05, 0) is 19.1 Å². The van der Waals surface area contributed by atoms with Gasteiger partial charge >= 0.3 is 0 Å². The van der Waals surface area contributed by atoms with E-state index in [1.807, 2.05) is 30.3 Å². The molecule has 0 aliphatic heterocycles. The van der Waals surface area contributed by atoms with Gasteiger partial charge in [0.25, 0.3) is 0 Å². The fourth-order valence-electron chi connectivity index (χ4n) is 1.84. The molecule has 0 bridgehead atoms. The van der Waals surface area contributed by atoms with Gasteiger partial charge in [-0.25, -0.2) is 4.98 Å². The van der Waals surface area contributed by atoms with E-state index in [-0.39, 0.29) is 12.3 Å². The first kappa shape index (κ1) is 13.4. The van der Waals surface area contributed by atoms with Crippen molar-refractivity contribution in [1.82, 2.24) is 15.2 Å². The number of carbonyl (C=O) groups excluding carboxylic acids is 1. The maximum absolute atomic E-state index is 11.9. The Bertz CT molecular complexity index is 738. The third-order valence-corrected chi connectivity index (χ3v) is 3.45. The topological polar surface area (TPSA) is 80.9 Å². The Morgan fingerprint density at radius 2 is 2.14 bits per heavy atom. The average molecular weight is 300 g/mol. The highest BCUT2D eigenvalue weighted by Gasteiger charge is 2.15. The molecule has 0 aliphatic rings. The lowest BCUT2D eigenvalue weighted by molar-refractivity contribution is -0.115. The van der Waals surface area contributed by atoms with Crippen LogP contribution in [0.3, 0.4) is 0 Å². The zero-order valence-electron chi connectivity index (χ0n) is 11.2. The summed E-state index contributed by atoms with van der Waals surface area (Å²) in [6.07, 6.45) is 0.141. The van der Waals surface area contributed by atoms with Crippen molar-refractivity contribution >= 4 is 22.4 Å². The highest BCUT2D eigenvalue weighted by molar-refractivity contribution is 7.13. The summed E-state index contributed by atoms with van der Waals surface area (Å²) in [4.78, 5) is 16.3. The molecule has 1 aromatic carbocycles. The molecule has 21 heavy (non-hydrogen) atoms.